The maximum absolute atomic E-state index is 12.5. The summed E-state index contributed by atoms with van der Waals surface area (Å²) in [6.07, 6.45) is 2.86. The molecule has 0 bridgehead atoms. The van der Waals surface area contributed by atoms with E-state index in [2.05, 4.69) is 20.3 Å². The normalized spacial score (nSPS) is 16.7. The minimum absolute atomic E-state index is 0.0118. The number of hydrogen-bond donors (Lipinski definition) is 0. The lowest BCUT2D eigenvalue weighted by Gasteiger charge is -2.10. The number of carbonyl (C=O) groups is 2. The Hall–Kier alpha value is -3.53. The Labute approximate surface area is 157 Å². The van der Waals surface area contributed by atoms with Gasteiger partial charge in [-0.15, -0.1) is 0 Å². The van der Waals surface area contributed by atoms with E-state index >= 15 is 0 Å². The number of hydrazone groups is 1. The maximum atomic E-state index is 12.5. The van der Waals surface area contributed by atoms with Gasteiger partial charge in [0.2, 0.25) is 0 Å². The number of nitro groups is 1. The topological polar surface area (TPSA) is 130 Å². The van der Waals surface area contributed by atoms with Gasteiger partial charge in [0.25, 0.3) is 17.5 Å². The predicted molar refractivity (Wildman–Crippen MR) is 94.9 cm³/mol. The Kier molecular flexibility index (Phi) is 4.99. The molecule has 2 amide bonds. The van der Waals surface area contributed by atoms with E-state index in [1.807, 2.05) is 0 Å². The van der Waals surface area contributed by atoms with Gasteiger partial charge in [0.15, 0.2) is 6.04 Å². The summed E-state index contributed by atoms with van der Waals surface area (Å²) in [6, 6.07) is 5.51. The van der Waals surface area contributed by atoms with Gasteiger partial charge in [-0.25, -0.2) is 0 Å². The number of carbonyl (C=O) groups excluding carboxylic acids is 2. The molecule has 1 atom stereocenters. The van der Waals surface area contributed by atoms with E-state index in [-0.39, 0.29) is 27.7 Å². The first-order valence-corrected chi connectivity index (χ1v) is 7.94. The first-order chi connectivity index (χ1) is 12.9. The van der Waals surface area contributed by atoms with Crippen molar-refractivity contribution >= 4 is 40.5 Å². The lowest BCUT2D eigenvalue weighted by Crippen LogP contribution is -2.34. The van der Waals surface area contributed by atoms with Crippen molar-refractivity contribution < 1.29 is 14.5 Å². The monoisotopic (exact) mass is 386 g/mol. The van der Waals surface area contributed by atoms with Crippen molar-refractivity contribution in [3.63, 3.8) is 0 Å². The van der Waals surface area contributed by atoms with Crippen LogP contribution < -0.4 is 0 Å². The summed E-state index contributed by atoms with van der Waals surface area (Å²) in [7, 11) is 0. The third kappa shape index (κ3) is 3.70. The lowest BCUT2D eigenvalue weighted by molar-refractivity contribution is -0.384. The first kappa shape index (κ1) is 18.3. The van der Waals surface area contributed by atoms with Crippen LogP contribution in [0.25, 0.3) is 0 Å². The number of nitro benzene ring substituents is 1. The van der Waals surface area contributed by atoms with Gasteiger partial charge in [-0.2, -0.15) is 20.3 Å². The van der Waals surface area contributed by atoms with E-state index in [0.717, 1.165) is 11.1 Å². The van der Waals surface area contributed by atoms with Crippen LogP contribution in [0.2, 0.25) is 5.02 Å². The molecule has 0 spiro atoms. The lowest BCUT2D eigenvalue weighted by atomic mass is 10.2. The molecule has 27 heavy (non-hydrogen) atoms. The van der Waals surface area contributed by atoms with E-state index in [1.54, 1.807) is 6.92 Å². The van der Waals surface area contributed by atoms with Crippen LogP contribution in [0.3, 0.4) is 0 Å². The third-order valence-electron chi connectivity index (χ3n) is 3.64. The van der Waals surface area contributed by atoms with Crippen LogP contribution in [-0.2, 0) is 4.79 Å². The van der Waals surface area contributed by atoms with Crippen LogP contribution in [0.4, 0.5) is 11.4 Å². The van der Waals surface area contributed by atoms with Crippen LogP contribution in [0.1, 0.15) is 17.3 Å². The van der Waals surface area contributed by atoms with Crippen molar-refractivity contribution in [3.05, 3.63) is 63.4 Å². The van der Waals surface area contributed by atoms with Crippen molar-refractivity contribution in [3.8, 4) is 0 Å². The van der Waals surface area contributed by atoms with Gasteiger partial charge in [0.05, 0.1) is 15.7 Å². The van der Waals surface area contributed by atoms with Crippen molar-refractivity contribution in [1.82, 2.24) is 9.99 Å². The molecule has 3 rings (SSSR count). The number of azo groups is 1. The van der Waals surface area contributed by atoms with E-state index in [1.165, 1.54) is 36.7 Å². The number of non-ortho nitro benzene ring substituents is 1. The number of benzene rings is 1. The smallest absolute Gasteiger partial charge is 0.269 e. The van der Waals surface area contributed by atoms with Gasteiger partial charge in [-0.1, -0.05) is 11.6 Å². The fourth-order valence-corrected chi connectivity index (χ4v) is 2.47. The van der Waals surface area contributed by atoms with E-state index in [4.69, 9.17) is 11.6 Å². The van der Waals surface area contributed by atoms with Crippen molar-refractivity contribution in [2.24, 2.45) is 15.3 Å². The summed E-state index contributed by atoms with van der Waals surface area (Å²) in [5, 5.41) is 23.2. The fourth-order valence-electron chi connectivity index (χ4n) is 2.26. The zero-order valence-corrected chi connectivity index (χ0v) is 14.6. The summed E-state index contributed by atoms with van der Waals surface area (Å²) in [5.74, 6) is -1.26. The number of rotatable bonds is 4. The predicted octanol–water partition coefficient (Wildman–Crippen LogP) is 3.15. The maximum Gasteiger partial charge on any atom is 0.282 e. The van der Waals surface area contributed by atoms with Crippen molar-refractivity contribution in [2.75, 3.05) is 0 Å². The molecular weight excluding hydrogens is 376 g/mol. The standard InChI is InChI=1S/C16H11ClN6O4/c1-9-14(20-19-13-3-2-11(23(26)27)8-12(13)17)16(25)22(21-9)15(24)10-4-6-18-7-5-10/h2-8,14H,1H3/t14-/m1/s1. The van der Waals surface area contributed by atoms with E-state index in [0.29, 0.717) is 0 Å². The summed E-state index contributed by atoms with van der Waals surface area (Å²) in [6.45, 7) is 1.54. The SMILES string of the molecule is CC1=NN(C(=O)c2ccncc2)C(=O)[C@@H]1N=Nc1ccc([N+](=O)[O-])cc1Cl. The zero-order valence-electron chi connectivity index (χ0n) is 13.8. The van der Waals surface area contributed by atoms with Crippen LogP contribution >= 0.6 is 11.6 Å². The number of aromatic nitrogens is 1. The van der Waals surface area contributed by atoms with Gasteiger partial charge in [0.1, 0.15) is 5.69 Å². The number of imide groups is 1. The minimum Gasteiger partial charge on any atom is -0.269 e. The summed E-state index contributed by atoms with van der Waals surface area (Å²) >= 11 is 5.95. The van der Waals surface area contributed by atoms with Crippen LogP contribution in [0, 0.1) is 10.1 Å². The molecule has 1 aromatic heterocycles. The molecule has 0 radical (unpaired) electrons. The number of halogens is 1. The average molecular weight is 387 g/mol. The Morgan fingerprint density at radius 2 is 2.00 bits per heavy atom. The Balaban J connectivity index is 1.80. The van der Waals surface area contributed by atoms with Gasteiger partial charge in [-0.05, 0) is 25.1 Å². The molecule has 0 unspecified atom stereocenters. The zero-order chi connectivity index (χ0) is 19.6. The molecule has 1 aromatic carbocycles. The van der Waals surface area contributed by atoms with E-state index in [9.17, 15) is 19.7 Å². The van der Waals surface area contributed by atoms with Crippen molar-refractivity contribution in [2.45, 2.75) is 13.0 Å². The summed E-state index contributed by atoms with van der Waals surface area (Å²) in [5.41, 5.74) is 0.500. The van der Waals surface area contributed by atoms with Crippen molar-refractivity contribution in [1.29, 1.82) is 0 Å². The largest absolute Gasteiger partial charge is 0.282 e. The van der Waals surface area contributed by atoms with Gasteiger partial charge in [-0.3, -0.25) is 24.7 Å². The van der Waals surface area contributed by atoms with Gasteiger partial charge in [0, 0.05) is 30.1 Å². The Morgan fingerprint density at radius 3 is 2.63 bits per heavy atom. The number of pyridine rings is 1. The summed E-state index contributed by atoms with van der Waals surface area (Å²) < 4.78 is 0. The highest BCUT2D eigenvalue weighted by atomic mass is 35.5. The van der Waals surface area contributed by atoms with Gasteiger partial charge >= 0.3 is 0 Å². The number of amides is 2. The first-order valence-electron chi connectivity index (χ1n) is 7.56. The van der Waals surface area contributed by atoms with Crippen LogP contribution in [0.5, 0.6) is 0 Å². The molecule has 11 heteroatoms. The molecule has 0 saturated heterocycles. The molecule has 0 N–H and O–H groups in total. The van der Waals surface area contributed by atoms with Crippen LogP contribution in [-0.4, -0.2) is 38.5 Å². The quantitative estimate of drug-likeness (QED) is 0.344. The number of hydrogen-bond acceptors (Lipinski definition) is 8. The third-order valence-corrected chi connectivity index (χ3v) is 3.94. The fraction of sp³-hybridized carbons (Fsp3) is 0.125. The van der Waals surface area contributed by atoms with Crippen LogP contribution in [0.15, 0.2) is 58.1 Å². The molecule has 10 nitrogen and oxygen atoms in total. The molecular formula is C16H11ClN6O4. The molecule has 2 heterocycles. The number of nitrogens with zero attached hydrogens (tertiary/aromatic N) is 6. The Morgan fingerprint density at radius 1 is 1.30 bits per heavy atom. The highest BCUT2D eigenvalue weighted by molar-refractivity contribution is 6.33. The molecule has 0 aliphatic carbocycles. The molecule has 1 aliphatic heterocycles. The highest BCUT2D eigenvalue weighted by Gasteiger charge is 2.38. The highest BCUT2D eigenvalue weighted by Crippen LogP contribution is 2.30. The second kappa shape index (κ2) is 7.38. The molecule has 1 aliphatic rings. The minimum atomic E-state index is -1.08. The molecule has 0 fully saturated rings. The molecule has 2 aromatic rings. The molecule has 0 saturated carbocycles. The summed E-state index contributed by atoms with van der Waals surface area (Å²) in [4.78, 5) is 38.8. The Bertz CT molecular complexity index is 992. The van der Waals surface area contributed by atoms with E-state index < -0.39 is 22.8 Å². The molecule has 136 valence electrons. The van der Waals surface area contributed by atoms with Gasteiger partial charge < -0.3 is 0 Å². The second-order valence-electron chi connectivity index (χ2n) is 5.44. The second-order valence-corrected chi connectivity index (χ2v) is 5.85. The average Bonchev–Trinajstić information content (AvgIpc) is 2.94.